The molecule has 1 fully saturated rings. The second-order valence-corrected chi connectivity index (χ2v) is 8.84. The van der Waals surface area contributed by atoms with Gasteiger partial charge in [-0.1, -0.05) is 49.1 Å². The van der Waals surface area contributed by atoms with Crippen LogP contribution >= 0.6 is 11.6 Å². The maximum Gasteiger partial charge on any atom is 0.323 e. The molecule has 0 radical (unpaired) electrons. The Balaban J connectivity index is 1.81. The maximum absolute atomic E-state index is 13.2. The fraction of sp³-hybridized carbons (Fsp3) is 0.375. The highest BCUT2D eigenvalue weighted by Crippen LogP contribution is 2.32. The third kappa shape index (κ3) is 5.79. The Morgan fingerprint density at radius 3 is 2.28 bits per heavy atom. The number of carboxylic acids is 1. The number of para-hydroxylation sites is 1. The van der Waals surface area contributed by atoms with Gasteiger partial charge in [-0.05, 0) is 56.0 Å². The van der Waals surface area contributed by atoms with Crippen LogP contribution in [0.2, 0.25) is 5.02 Å². The second kappa shape index (κ2) is 10.0. The average molecular weight is 458 g/mol. The fourth-order valence-corrected chi connectivity index (χ4v) is 4.44. The number of hydrogen-bond donors (Lipinski definition) is 4. The predicted octanol–water partition coefficient (Wildman–Crippen LogP) is 5.51. The normalized spacial score (nSPS) is 15.0. The predicted molar refractivity (Wildman–Crippen MR) is 126 cm³/mol. The van der Waals surface area contributed by atoms with E-state index in [-0.39, 0.29) is 17.7 Å². The lowest BCUT2D eigenvalue weighted by Gasteiger charge is -2.37. The van der Waals surface area contributed by atoms with Crippen molar-refractivity contribution in [2.75, 3.05) is 10.6 Å². The standard InChI is InChI=1S/C24H28ClN3O4/c1-15-7-6-8-16(2)21(15)27-23(32)26-19-13-17(25)9-10-18(19)22(31)28-24(14-20(29)30)11-4-3-5-12-24/h6-10,13H,3-5,11-12,14H2,1-2H3,(H,28,31)(H,29,30)(H2,26,27,32). The summed E-state index contributed by atoms with van der Waals surface area (Å²) in [6.45, 7) is 3.79. The molecule has 0 heterocycles. The molecule has 3 amide bonds. The van der Waals surface area contributed by atoms with Crippen LogP contribution in [-0.2, 0) is 4.79 Å². The molecule has 7 nitrogen and oxygen atoms in total. The molecule has 2 aromatic rings. The zero-order valence-corrected chi connectivity index (χ0v) is 19.0. The largest absolute Gasteiger partial charge is 0.481 e. The summed E-state index contributed by atoms with van der Waals surface area (Å²) >= 11 is 6.12. The van der Waals surface area contributed by atoms with E-state index in [9.17, 15) is 19.5 Å². The van der Waals surface area contributed by atoms with Gasteiger partial charge in [0.2, 0.25) is 0 Å². The Bertz CT molecular complexity index is 1010. The van der Waals surface area contributed by atoms with Crippen LogP contribution in [0.15, 0.2) is 36.4 Å². The molecule has 0 unspecified atom stereocenters. The number of aliphatic carboxylic acids is 1. The minimum absolute atomic E-state index is 0.137. The van der Waals surface area contributed by atoms with Gasteiger partial charge in [0.1, 0.15) is 0 Å². The van der Waals surface area contributed by atoms with Crippen molar-refractivity contribution in [1.29, 1.82) is 0 Å². The summed E-state index contributed by atoms with van der Waals surface area (Å²) < 4.78 is 0. The van der Waals surface area contributed by atoms with E-state index in [2.05, 4.69) is 16.0 Å². The molecule has 1 aliphatic carbocycles. The molecule has 32 heavy (non-hydrogen) atoms. The third-order valence-corrected chi connectivity index (χ3v) is 6.11. The van der Waals surface area contributed by atoms with E-state index in [1.165, 1.54) is 12.1 Å². The number of urea groups is 1. The summed E-state index contributed by atoms with van der Waals surface area (Å²) in [4.78, 5) is 37.3. The first-order valence-corrected chi connectivity index (χ1v) is 11.0. The number of halogens is 1. The Labute approximate surface area is 192 Å². The van der Waals surface area contributed by atoms with E-state index >= 15 is 0 Å². The van der Waals surface area contributed by atoms with Crippen LogP contribution in [-0.4, -0.2) is 28.6 Å². The van der Waals surface area contributed by atoms with Crippen molar-refractivity contribution in [3.8, 4) is 0 Å². The zero-order chi connectivity index (χ0) is 23.3. The maximum atomic E-state index is 13.2. The quantitative estimate of drug-likeness (QED) is 0.458. The average Bonchev–Trinajstić information content (AvgIpc) is 2.71. The van der Waals surface area contributed by atoms with Gasteiger partial charge in [0.25, 0.3) is 5.91 Å². The highest BCUT2D eigenvalue weighted by atomic mass is 35.5. The van der Waals surface area contributed by atoms with Crippen LogP contribution in [0, 0.1) is 13.8 Å². The number of carbonyl (C=O) groups is 3. The Morgan fingerprint density at radius 1 is 1.00 bits per heavy atom. The van der Waals surface area contributed by atoms with Gasteiger partial charge in [-0.25, -0.2) is 4.79 Å². The lowest BCUT2D eigenvalue weighted by Crippen LogP contribution is -2.51. The second-order valence-electron chi connectivity index (χ2n) is 8.40. The van der Waals surface area contributed by atoms with Crippen molar-refractivity contribution in [3.05, 3.63) is 58.1 Å². The van der Waals surface area contributed by atoms with E-state index in [4.69, 9.17) is 11.6 Å². The first-order chi connectivity index (χ1) is 15.2. The molecular weight excluding hydrogens is 430 g/mol. The number of rotatable bonds is 6. The number of amides is 3. The molecule has 3 rings (SSSR count). The number of aryl methyl sites for hydroxylation is 2. The van der Waals surface area contributed by atoms with Gasteiger partial charge in [-0.3, -0.25) is 9.59 Å². The van der Waals surface area contributed by atoms with Crippen molar-refractivity contribution in [2.24, 2.45) is 0 Å². The van der Waals surface area contributed by atoms with Crippen LogP contribution in [0.3, 0.4) is 0 Å². The lowest BCUT2D eigenvalue weighted by molar-refractivity contribution is -0.139. The topological polar surface area (TPSA) is 108 Å². The molecule has 0 aliphatic heterocycles. The van der Waals surface area contributed by atoms with Gasteiger partial charge in [0.05, 0.1) is 23.2 Å². The monoisotopic (exact) mass is 457 g/mol. The summed E-state index contributed by atoms with van der Waals surface area (Å²) in [5.41, 5.74) is 2.20. The van der Waals surface area contributed by atoms with Crippen molar-refractivity contribution in [2.45, 2.75) is 57.9 Å². The molecule has 0 aromatic heterocycles. The van der Waals surface area contributed by atoms with Crippen LogP contribution < -0.4 is 16.0 Å². The summed E-state index contributed by atoms with van der Waals surface area (Å²) in [7, 11) is 0. The molecule has 0 spiro atoms. The third-order valence-electron chi connectivity index (χ3n) is 5.87. The molecule has 1 aliphatic rings. The summed E-state index contributed by atoms with van der Waals surface area (Å²) in [5, 5.41) is 18.2. The summed E-state index contributed by atoms with van der Waals surface area (Å²) in [6, 6.07) is 9.80. The van der Waals surface area contributed by atoms with Gasteiger partial charge in [-0.15, -0.1) is 0 Å². The SMILES string of the molecule is Cc1cccc(C)c1NC(=O)Nc1cc(Cl)ccc1C(=O)NC1(CC(=O)O)CCCCC1. The highest BCUT2D eigenvalue weighted by molar-refractivity contribution is 6.31. The Hall–Kier alpha value is -3.06. The van der Waals surface area contributed by atoms with Crippen LogP contribution in [0.1, 0.15) is 60.0 Å². The smallest absolute Gasteiger partial charge is 0.323 e. The van der Waals surface area contributed by atoms with Gasteiger partial charge < -0.3 is 21.1 Å². The van der Waals surface area contributed by atoms with Gasteiger partial charge in [0.15, 0.2) is 0 Å². The van der Waals surface area contributed by atoms with E-state index in [1.54, 1.807) is 6.07 Å². The molecule has 8 heteroatoms. The number of carboxylic acid groups (broad SMARTS) is 1. The number of nitrogens with one attached hydrogen (secondary N) is 3. The van der Waals surface area contributed by atoms with E-state index in [1.807, 2.05) is 32.0 Å². The van der Waals surface area contributed by atoms with Gasteiger partial charge in [-0.2, -0.15) is 0 Å². The number of benzene rings is 2. The van der Waals surface area contributed by atoms with Gasteiger partial charge in [0, 0.05) is 10.7 Å². The van der Waals surface area contributed by atoms with E-state index in [0.29, 0.717) is 23.6 Å². The lowest BCUT2D eigenvalue weighted by atomic mass is 9.79. The number of hydrogen-bond acceptors (Lipinski definition) is 3. The molecule has 170 valence electrons. The molecule has 2 aromatic carbocycles. The Kier molecular flexibility index (Phi) is 7.40. The first kappa shape index (κ1) is 23.6. The molecule has 0 bridgehead atoms. The van der Waals surface area contributed by atoms with E-state index in [0.717, 1.165) is 30.4 Å². The van der Waals surface area contributed by atoms with Crippen LogP contribution in [0.5, 0.6) is 0 Å². The molecular formula is C24H28ClN3O4. The van der Waals surface area contributed by atoms with Gasteiger partial charge >= 0.3 is 12.0 Å². The fourth-order valence-electron chi connectivity index (χ4n) is 4.27. The molecule has 1 saturated carbocycles. The molecule has 0 saturated heterocycles. The highest BCUT2D eigenvalue weighted by Gasteiger charge is 2.36. The number of anilines is 2. The van der Waals surface area contributed by atoms with Crippen molar-refractivity contribution < 1.29 is 19.5 Å². The van der Waals surface area contributed by atoms with Crippen molar-refractivity contribution >= 4 is 40.9 Å². The van der Waals surface area contributed by atoms with E-state index < -0.39 is 23.4 Å². The minimum Gasteiger partial charge on any atom is -0.481 e. The summed E-state index contributed by atoms with van der Waals surface area (Å²) in [6.07, 6.45) is 3.81. The molecule has 0 atom stereocenters. The van der Waals surface area contributed by atoms with Crippen LogP contribution in [0.4, 0.5) is 16.2 Å². The summed E-state index contributed by atoms with van der Waals surface area (Å²) in [5.74, 6) is -1.39. The first-order valence-electron chi connectivity index (χ1n) is 10.7. The van der Waals surface area contributed by atoms with Crippen molar-refractivity contribution in [1.82, 2.24) is 5.32 Å². The van der Waals surface area contributed by atoms with Crippen LogP contribution in [0.25, 0.3) is 0 Å². The minimum atomic E-state index is -0.949. The zero-order valence-electron chi connectivity index (χ0n) is 18.3. The Morgan fingerprint density at radius 2 is 1.66 bits per heavy atom. The number of carbonyl (C=O) groups excluding carboxylic acids is 2. The van der Waals surface area contributed by atoms with Crippen molar-refractivity contribution in [3.63, 3.8) is 0 Å². The molecule has 4 N–H and O–H groups in total.